The number of nitrogens with zero attached hydrogens (tertiary/aromatic N) is 4. The zero-order valence-corrected chi connectivity index (χ0v) is 12.9. The van der Waals surface area contributed by atoms with E-state index in [9.17, 15) is 14.4 Å². The molecule has 1 N–H and O–H groups in total. The number of hydrogen-bond donors (Lipinski definition) is 1. The summed E-state index contributed by atoms with van der Waals surface area (Å²) >= 11 is 0. The van der Waals surface area contributed by atoms with E-state index in [4.69, 9.17) is 0 Å². The number of aryl methyl sites for hydroxylation is 1. The van der Waals surface area contributed by atoms with E-state index in [1.54, 1.807) is 15.8 Å². The van der Waals surface area contributed by atoms with Crippen molar-refractivity contribution in [1.82, 2.24) is 24.2 Å². The van der Waals surface area contributed by atoms with Gasteiger partial charge in [-0.05, 0) is 25.3 Å². The molecule has 1 fully saturated rings. The molecule has 0 unspecified atom stereocenters. The van der Waals surface area contributed by atoms with Gasteiger partial charge < -0.3 is 4.90 Å². The van der Waals surface area contributed by atoms with Gasteiger partial charge in [-0.1, -0.05) is 0 Å². The molecule has 0 radical (unpaired) electrons. The molecule has 0 saturated carbocycles. The highest BCUT2D eigenvalue weighted by atomic mass is 16.2. The average molecular weight is 317 g/mol. The third-order valence-electron chi connectivity index (χ3n) is 4.23. The molecule has 122 valence electrons. The monoisotopic (exact) mass is 317 g/mol. The second-order valence-corrected chi connectivity index (χ2v) is 5.72. The minimum Gasteiger partial charge on any atom is -0.333 e. The average Bonchev–Trinajstić information content (AvgIpc) is 2.96. The Morgan fingerprint density at radius 3 is 2.87 bits per heavy atom. The highest BCUT2D eigenvalue weighted by Crippen LogP contribution is 2.30. The van der Waals surface area contributed by atoms with Crippen LogP contribution in [0.2, 0.25) is 0 Å². The number of amides is 1. The van der Waals surface area contributed by atoms with E-state index in [-0.39, 0.29) is 18.5 Å². The topological polar surface area (TPSA) is 93.0 Å². The molecule has 2 aromatic heterocycles. The molecular weight excluding hydrogens is 298 g/mol. The number of carbonyl (C=O) groups excluding carboxylic acids is 1. The summed E-state index contributed by atoms with van der Waals surface area (Å²) in [6.45, 7) is 0.580. The van der Waals surface area contributed by atoms with Gasteiger partial charge in [0.25, 0.3) is 5.56 Å². The lowest BCUT2D eigenvalue weighted by atomic mass is 9.99. The number of carbonyl (C=O) groups is 1. The quantitative estimate of drug-likeness (QED) is 0.864. The van der Waals surface area contributed by atoms with Gasteiger partial charge in [0.15, 0.2) is 0 Å². The summed E-state index contributed by atoms with van der Waals surface area (Å²) in [5.41, 5.74) is -0.0451. The molecule has 0 aliphatic carbocycles. The molecule has 3 heterocycles. The second-order valence-electron chi connectivity index (χ2n) is 5.72. The molecule has 23 heavy (non-hydrogen) atoms. The maximum absolute atomic E-state index is 12.7. The predicted molar refractivity (Wildman–Crippen MR) is 82.8 cm³/mol. The van der Waals surface area contributed by atoms with Crippen molar-refractivity contribution >= 4 is 5.91 Å². The number of nitrogens with one attached hydrogen (secondary N) is 1. The van der Waals surface area contributed by atoms with E-state index >= 15 is 0 Å². The zero-order valence-electron chi connectivity index (χ0n) is 12.9. The van der Waals surface area contributed by atoms with Crippen LogP contribution in [0.3, 0.4) is 0 Å². The van der Waals surface area contributed by atoms with Crippen LogP contribution < -0.4 is 11.2 Å². The van der Waals surface area contributed by atoms with E-state index in [0.717, 1.165) is 25.0 Å². The fourth-order valence-corrected chi connectivity index (χ4v) is 3.05. The summed E-state index contributed by atoms with van der Waals surface area (Å²) < 4.78 is 3.00. The van der Waals surface area contributed by atoms with E-state index in [2.05, 4.69) is 10.1 Å². The van der Waals surface area contributed by atoms with Gasteiger partial charge >= 0.3 is 5.69 Å². The molecule has 3 rings (SSSR count). The molecule has 1 aliphatic rings. The van der Waals surface area contributed by atoms with Gasteiger partial charge in [0.2, 0.25) is 5.91 Å². The van der Waals surface area contributed by atoms with Crippen LogP contribution >= 0.6 is 0 Å². The number of piperidine rings is 1. The van der Waals surface area contributed by atoms with Crippen molar-refractivity contribution < 1.29 is 4.79 Å². The largest absolute Gasteiger partial charge is 0.333 e. The lowest BCUT2D eigenvalue weighted by Crippen LogP contribution is -2.43. The molecule has 1 atom stereocenters. The Bertz CT molecular complexity index is 819. The molecule has 1 aliphatic heterocycles. The second kappa shape index (κ2) is 6.23. The zero-order chi connectivity index (χ0) is 16.4. The normalized spacial score (nSPS) is 18.1. The molecule has 0 spiro atoms. The van der Waals surface area contributed by atoms with E-state index in [1.807, 2.05) is 13.1 Å². The number of aromatic amines is 1. The molecule has 2 aromatic rings. The van der Waals surface area contributed by atoms with Crippen molar-refractivity contribution in [2.45, 2.75) is 31.8 Å². The summed E-state index contributed by atoms with van der Waals surface area (Å²) in [7, 11) is 1.86. The predicted octanol–water partition coefficient (Wildman–Crippen LogP) is 0.0239. The first-order chi connectivity index (χ1) is 11.1. The van der Waals surface area contributed by atoms with Gasteiger partial charge in [0, 0.05) is 32.1 Å². The number of likely N-dealkylation sites (tertiary alicyclic amines) is 1. The maximum Gasteiger partial charge on any atom is 0.328 e. The summed E-state index contributed by atoms with van der Waals surface area (Å²) in [4.78, 5) is 39.5. The van der Waals surface area contributed by atoms with Gasteiger partial charge in [0.05, 0.1) is 11.7 Å². The Hall–Kier alpha value is -2.64. The van der Waals surface area contributed by atoms with Crippen molar-refractivity contribution in [3.05, 3.63) is 51.1 Å². The summed E-state index contributed by atoms with van der Waals surface area (Å²) in [5, 5.41) is 4.18. The number of hydrogen-bond acceptors (Lipinski definition) is 4. The number of H-pyrrole nitrogens is 1. The van der Waals surface area contributed by atoms with E-state index in [1.165, 1.54) is 16.8 Å². The van der Waals surface area contributed by atoms with Crippen molar-refractivity contribution in [2.75, 3.05) is 6.54 Å². The van der Waals surface area contributed by atoms with Crippen LogP contribution in [0.15, 0.2) is 34.1 Å². The molecule has 0 aromatic carbocycles. The van der Waals surface area contributed by atoms with Crippen LogP contribution in [0.5, 0.6) is 0 Å². The third-order valence-corrected chi connectivity index (χ3v) is 4.23. The van der Waals surface area contributed by atoms with Gasteiger partial charge in [-0.25, -0.2) is 4.79 Å². The van der Waals surface area contributed by atoms with E-state index in [0.29, 0.717) is 6.54 Å². The molecule has 8 nitrogen and oxygen atoms in total. The maximum atomic E-state index is 12.7. The standard InChI is InChI=1S/C15H19N5O3/c1-18-11(5-7-16-18)12-4-2-3-8-20(12)14(22)10-19-9-6-13(21)17-15(19)23/h5-7,9,12H,2-4,8,10H2,1H3,(H,17,21,23)/t12-/m0/s1. The first-order valence-electron chi connectivity index (χ1n) is 7.63. The van der Waals surface area contributed by atoms with Crippen molar-refractivity contribution in [3.63, 3.8) is 0 Å². The Balaban J connectivity index is 1.83. The number of aromatic nitrogens is 4. The van der Waals surface area contributed by atoms with Gasteiger partial charge in [-0.3, -0.25) is 23.8 Å². The molecule has 8 heteroatoms. The first-order valence-corrected chi connectivity index (χ1v) is 7.63. The number of rotatable bonds is 3. The minimum atomic E-state index is -0.569. The van der Waals surface area contributed by atoms with Crippen LogP contribution in [0.1, 0.15) is 31.0 Å². The van der Waals surface area contributed by atoms with Crippen LogP contribution in [-0.2, 0) is 18.4 Å². The highest BCUT2D eigenvalue weighted by Gasteiger charge is 2.29. The molecule has 1 amide bonds. The van der Waals surface area contributed by atoms with Gasteiger partial charge in [-0.2, -0.15) is 5.10 Å². The molecule has 0 bridgehead atoms. The van der Waals surface area contributed by atoms with Crippen LogP contribution in [0, 0.1) is 0 Å². The Morgan fingerprint density at radius 1 is 1.35 bits per heavy atom. The fraction of sp³-hybridized carbons (Fsp3) is 0.467. The third kappa shape index (κ3) is 3.10. The Morgan fingerprint density at radius 2 is 2.17 bits per heavy atom. The van der Waals surface area contributed by atoms with Crippen LogP contribution in [0.4, 0.5) is 0 Å². The van der Waals surface area contributed by atoms with Crippen LogP contribution in [0.25, 0.3) is 0 Å². The first kappa shape index (κ1) is 15.3. The SMILES string of the molecule is Cn1nccc1[C@@H]1CCCCN1C(=O)Cn1ccc(=O)[nH]c1=O. The van der Waals surface area contributed by atoms with Gasteiger partial charge in [0.1, 0.15) is 6.54 Å². The Kier molecular flexibility index (Phi) is 4.14. The Labute approximate surface area is 132 Å². The lowest BCUT2D eigenvalue weighted by Gasteiger charge is -2.35. The smallest absolute Gasteiger partial charge is 0.328 e. The lowest BCUT2D eigenvalue weighted by molar-refractivity contribution is -0.136. The van der Waals surface area contributed by atoms with Gasteiger partial charge in [-0.15, -0.1) is 0 Å². The van der Waals surface area contributed by atoms with E-state index < -0.39 is 11.2 Å². The van der Waals surface area contributed by atoms with Crippen molar-refractivity contribution in [2.24, 2.45) is 7.05 Å². The molecular formula is C15H19N5O3. The summed E-state index contributed by atoms with van der Waals surface area (Å²) in [6, 6.07) is 3.13. The van der Waals surface area contributed by atoms with Crippen molar-refractivity contribution in [1.29, 1.82) is 0 Å². The van der Waals surface area contributed by atoms with Crippen molar-refractivity contribution in [3.8, 4) is 0 Å². The fourth-order valence-electron chi connectivity index (χ4n) is 3.05. The summed E-state index contributed by atoms with van der Waals surface area (Å²) in [6.07, 6.45) is 5.95. The highest BCUT2D eigenvalue weighted by molar-refractivity contribution is 5.76. The minimum absolute atomic E-state index is 0.0257. The van der Waals surface area contributed by atoms with Crippen LogP contribution in [-0.4, -0.2) is 36.7 Å². The summed E-state index contributed by atoms with van der Waals surface area (Å²) in [5.74, 6) is -0.134. The molecule has 1 saturated heterocycles.